The third-order valence-corrected chi connectivity index (χ3v) is 17.2. The van der Waals surface area contributed by atoms with E-state index in [-0.39, 0.29) is 11.2 Å². The van der Waals surface area contributed by atoms with Crippen molar-refractivity contribution in [2.45, 2.75) is 52.7 Å². The monoisotopic (exact) mass is 1120 g/mol. The second-order valence-corrected chi connectivity index (χ2v) is 23.6. The van der Waals surface area contributed by atoms with Crippen LogP contribution >= 0.6 is 0 Å². The van der Waals surface area contributed by atoms with Gasteiger partial charge in [0.1, 0.15) is 0 Å². The molecule has 0 unspecified atom stereocenters. The maximum Gasteiger partial charge on any atom is 0.494 e. The van der Waals surface area contributed by atoms with Crippen molar-refractivity contribution in [3.05, 3.63) is 278 Å². The van der Waals surface area contributed by atoms with E-state index in [1.165, 1.54) is 33.0 Å². The summed E-state index contributed by atoms with van der Waals surface area (Å²) in [6.45, 7) is 12.5. The number of aryl methyl sites for hydroxylation is 2. The molecule has 4 heterocycles. The Labute approximate surface area is 508 Å². The third-order valence-electron chi connectivity index (χ3n) is 17.2. The number of hydrogen-bond acceptors (Lipinski definition) is 7. The Hall–Kier alpha value is -10.2. The maximum atomic E-state index is 6.34. The minimum absolute atomic E-state index is 0.375. The summed E-state index contributed by atoms with van der Waals surface area (Å²) in [6.07, 6.45) is 0. The van der Waals surface area contributed by atoms with Crippen LogP contribution in [0, 0.1) is 13.8 Å². The number of rotatable bonds is 9. The first-order valence-corrected chi connectivity index (χ1v) is 29.7. The van der Waals surface area contributed by atoms with Crippen molar-refractivity contribution in [3.8, 4) is 90.1 Å². The molecule has 1 fully saturated rings. The van der Waals surface area contributed by atoms with Crippen LogP contribution in [0.1, 0.15) is 38.8 Å². The zero-order valence-corrected chi connectivity index (χ0v) is 49.5. The van der Waals surface area contributed by atoms with E-state index >= 15 is 0 Å². The van der Waals surface area contributed by atoms with Gasteiger partial charge in [0, 0.05) is 60.1 Å². The Balaban J connectivity index is 0.000000166. The lowest BCUT2D eigenvalue weighted by Crippen LogP contribution is -2.41. The molecule has 1 saturated heterocycles. The summed E-state index contributed by atoms with van der Waals surface area (Å²) in [6, 6.07) is 93.4. The molecular formula is C79H62BN5O2. The summed E-state index contributed by atoms with van der Waals surface area (Å²) in [5, 5.41) is 7.01. The Kier molecular flexibility index (Phi) is 14.2. The number of pyridine rings is 2. The molecule has 0 N–H and O–H groups in total. The zero-order valence-electron chi connectivity index (χ0n) is 49.5. The smallest absolute Gasteiger partial charge is 0.399 e. The predicted molar refractivity (Wildman–Crippen MR) is 361 cm³/mol. The van der Waals surface area contributed by atoms with Crippen molar-refractivity contribution >= 4 is 55.9 Å². The van der Waals surface area contributed by atoms with E-state index in [2.05, 4.69) is 296 Å². The van der Waals surface area contributed by atoms with Crippen LogP contribution in [-0.4, -0.2) is 43.2 Å². The lowest BCUT2D eigenvalue weighted by Gasteiger charge is -2.32. The molecule has 418 valence electrons. The zero-order chi connectivity index (χ0) is 59.2. The first kappa shape index (κ1) is 54.7. The standard InChI is InChI=1S/C48H34N4.C31H28BNO2/c1-31-18-22-35(23-19-31)46-50-47(36-24-20-32(2)21-25-36)52-48(51-46)37-28-26-33(27-29-37)38-12-8-13-39(30-38)40-15-9-16-42-44(40)41-14-6-7-17-43(41)49-45(42)34-10-4-3-5-11-34;1-30(2)31(3,4)35-32(34-30)23-15-10-14-22(20-23)24-17-11-18-26-28(24)25-16-8-9-19-27(25)33-29(26)21-12-6-5-7-13-21/h3-30H,1-2H3;5-20H,1-4H3. The van der Waals surface area contributed by atoms with Gasteiger partial charge in [0.15, 0.2) is 17.5 Å². The van der Waals surface area contributed by atoms with Crippen molar-refractivity contribution in [1.82, 2.24) is 24.9 Å². The molecule has 0 amide bonds. The number of para-hydroxylation sites is 2. The first-order chi connectivity index (χ1) is 42.4. The fraction of sp³-hybridized carbons (Fsp3) is 0.101. The molecule has 1 aliphatic heterocycles. The highest BCUT2D eigenvalue weighted by Gasteiger charge is 2.51. The molecule has 0 saturated carbocycles. The number of fused-ring (bicyclic) bond motifs is 6. The number of benzene rings is 11. The molecule has 0 spiro atoms. The van der Waals surface area contributed by atoms with Gasteiger partial charge in [-0.25, -0.2) is 24.9 Å². The quantitative estimate of drug-likeness (QED) is 0.105. The second kappa shape index (κ2) is 22.6. The van der Waals surface area contributed by atoms with Gasteiger partial charge in [-0.1, -0.05) is 260 Å². The van der Waals surface area contributed by atoms with Gasteiger partial charge in [0.25, 0.3) is 0 Å². The first-order valence-electron chi connectivity index (χ1n) is 29.7. The van der Waals surface area contributed by atoms with Gasteiger partial charge in [-0.15, -0.1) is 0 Å². The van der Waals surface area contributed by atoms with Gasteiger partial charge in [0.2, 0.25) is 0 Å². The van der Waals surface area contributed by atoms with E-state index in [1.807, 2.05) is 12.1 Å². The minimum Gasteiger partial charge on any atom is -0.399 e. The minimum atomic E-state index is -0.395. The molecule has 8 heteroatoms. The van der Waals surface area contributed by atoms with Crippen molar-refractivity contribution in [2.75, 3.05) is 0 Å². The fourth-order valence-electron chi connectivity index (χ4n) is 11.8. The summed E-state index contributed by atoms with van der Waals surface area (Å²) < 4.78 is 12.7. The summed E-state index contributed by atoms with van der Waals surface area (Å²) in [7, 11) is -0.395. The van der Waals surface area contributed by atoms with Gasteiger partial charge >= 0.3 is 7.12 Å². The molecule has 7 nitrogen and oxygen atoms in total. The Morgan fingerprint density at radius 3 is 1.11 bits per heavy atom. The van der Waals surface area contributed by atoms with Crippen molar-refractivity contribution in [3.63, 3.8) is 0 Å². The SMILES string of the molecule is CC1(C)OB(c2cccc(-c3cccc4c(-c5ccccc5)nc5ccccc5c34)c2)OC1(C)C.Cc1ccc(-c2nc(-c3ccc(C)cc3)nc(-c3ccc(-c4cccc(-c5cccc6c(-c7ccccc7)nc7ccccc7c56)c4)cc3)n2)cc1. The number of hydrogen-bond donors (Lipinski definition) is 0. The van der Waals surface area contributed by atoms with Crippen LogP contribution in [0.4, 0.5) is 0 Å². The average Bonchev–Trinajstić information content (AvgIpc) is 1.83. The lowest BCUT2D eigenvalue weighted by molar-refractivity contribution is 0.00578. The molecule has 15 rings (SSSR count). The lowest BCUT2D eigenvalue weighted by atomic mass is 9.77. The van der Waals surface area contributed by atoms with Crippen LogP contribution in [0.2, 0.25) is 0 Å². The normalized spacial score (nSPS) is 13.5. The second-order valence-electron chi connectivity index (χ2n) is 23.6. The summed E-state index contributed by atoms with van der Waals surface area (Å²) in [5.74, 6) is 1.96. The Morgan fingerprint density at radius 2 is 0.644 bits per heavy atom. The highest BCUT2D eigenvalue weighted by atomic mass is 16.7. The summed E-state index contributed by atoms with van der Waals surface area (Å²) >= 11 is 0. The Bertz CT molecular complexity index is 4800. The molecule has 87 heavy (non-hydrogen) atoms. The van der Waals surface area contributed by atoms with Crippen molar-refractivity contribution in [1.29, 1.82) is 0 Å². The van der Waals surface area contributed by atoms with Crippen LogP contribution in [-0.2, 0) is 9.31 Å². The van der Waals surface area contributed by atoms with Gasteiger partial charge in [0.05, 0.1) is 33.6 Å². The molecule has 14 aromatic rings. The number of nitrogens with zero attached hydrogens (tertiary/aromatic N) is 5. The average molecular weight is 1120 g/mol. The van der Waals surface area contributed by atoms with E-state index in [0.717, 1.165) is 99.5 Å². The molecule has 0 bridgehead atoms. The van der Waals surface area contributed by atoms with E-state index in [4.69, 9.17) is 34.2 Å². The van der Waals surface area contributed by atoms with Crippen LogP contribution in [0.15, 0.2) is 267 Å². The van der Waals surface area contributed by atoms with Crippen LogP contribution in [0.25, 0.3) is 133 Å². The van der Waals surface area contributed by atoms with Gasteiger partial charge in [-0.2, -0.15) is 0 Å². The van der Waals surface area contributed by atoms with Crippen molar-refractivity contribution < 1.29 is 9.31 Å². The predicted octanol–water partition coefficient (Wildman–Crippen LogP) is 19.2. The van der Waals surface area contributed by atoms with Crippen LogP contribution in [0.3, 0.4) is 0 Å². The van der Waals surface area contributed by atoms with E-state index in [0.29, 0.717) is 17.5 Å². The van der Waals surface area contributed by atoms with Gasteiger partial charge in [-0.05, 0) is 98.6 Å². The highest BCUT2D eigenvalue weighted by Crippen LogP contribution is 2.42. The van der Waals surface area contributed by atoms with E-state index in [9.17, 15) is 0 Å². The molecule has 0 radical (unpaired) electrons. The summed E-state index contributed by atoms with van der Waals surface area (Å²) in [4.78, 5) is 25.0. The molecule has 0 atom stereocenters. The topological polar surface area (TPSA) is 82.9 Å². The van der Waals surface area contributed by atoms with E-state index in [1.54, 1.807) is 0 Å². The van der Waals surface area contributed by atoms with Gasteiger partial charge < -0.3 is 9.31 Å². The molecule has 3 aromatic heterocycles. The van der Waals surface area contributed by atoms with Gasteiger partial charge in [-0.3, -0.25) is 0 Å². The molecule has 11 aromatic carbocycles. The molecular weight excluding hydrogens is 1060 g/mol. The van der Waals surface area contributed by atoms with E-state index < -0.39 is 7.12 Å². The summed E-state index contributed by atoms with van der Waals surface area (Å²) in [5.41, 5.74) is 18.6. The Morgan fingerprint density at radius 1 is 0.287 bits per heavy atom. The van der Waals surface area contributed by atoms with Crippen LogP contribution < -0.4 is 5.46 Å². The highest BCUT2D eigenvalue weighted by molar-refractivity contribution is 6.62. The third kappa shape index (κ3) is 10.6. The van der Waals surface area contributed by atoms with Crippen LogP contribution in [0.5, 0.6) is 0 Å². The van der Waals surface area contributed by atoms with Crippen molar-refractivity contribution in [2.24, 2.45) is 0 Å². The largest absolute Gasteiger partial charge is 0.494 e. The molecule has 1 aliphatic rings. The number of aromatic nitrogens is 5. The maximum absolute atomic E-state index is 6.34. The molecule has 0 aliphatic carbocycles. The fourth-order valence-corrected chi connectivity index (χ4v) is 11.8.